The van der Waals surface area contributed by atoms with Crippen LogP contribution in [0.1, 0.15) is 64.8 Å². The van der Waals surface area contributed by atoms with Crippen LogP contribution < -0.4 is 31.0 Å². The lowest BCUT2D eigenvalue weighted by molar-refractivity contribution is -0.136. The summed E-state index contributed by atoms with van der Waals surface area (Å²) in [5.41, 5.74) is 3.82. The number of carbonyl (C=O) groups excluding carboxylic acids is 5. The Hall–Kier alpha value is -6.35. The fraction of sp³-hybridized carbons (Fsp3) is 0.357. The Morgan fingerprint density at radius 3 is 2.44 bits per heavy atom. The minimum absolute atomic E-state index is 0.0583. The molecular formula is C42H47N7O8. The Balaban J connectivity index is 0.944. The Labute approximate surface area is 330 Å². The number of aromatic nitrogens is 2. The van der Waals surface area contributed by atoms with E-state index in [4.69, 9.17) is 9.47 Å². The Morgan fingerprint density at radius 2 is 1.72 bits per heavy atom. The number of pyridine rings is 2. The van der Waals surface area contributed by atoms with Crippen molar-refractivity contribution in [2.45, 2.75) is 51.1 Å². The molecule has 2 aliphatic heterocycles. The smallest absolute Gasteiger partial charge is 0.264 e. The van der Waals surface area contributed by atoms with Gasteiger partial charge in [0, 0.05) is 75.1 Å². The van der Waals surface area contributed by atoms with Crippen molar-refractivity contribution < 1.29 is 33.4 Å². The zero-order valence-electron chi connectivity index (χ0n) is 32.6. The van der Waals surface area contributed by atoms with Crippen LogP contribution in [0.15, 0.2) is 71.9 Å². The summed E-state index contributed by atoms with van der Waals surface area (Å²) >= 11 is 0. The van der Waals surface area contributed by atoms with Crippen molar-refractivity contribution in [1.29, 1.82) is 0 Å². The van der Waals surface area contributed by atoms with Crippen LogP contribution in [0.25, 0.3) is 21.9 Å². The van der Waals surface area contributed by atoms with Crippen LogP contribution in [0, 0.1) is 0 Å². The third-order valence-corrected chi connectivity index (χ3v) is 10.4. The van der Waals surface area contributed by atoms with Crippen LogP contribution in [0.3, 0.4) is 0 Å². The lowest BCUT2D eigenvalue weighted by Crippen LogP contribution is -2.54. The van der Waals surface area contributed by atoms with Crippen molar-refractivity contribution in [3.8, 4) is 22.6 Å². The van der Waals surface area contributed by atoms with Crippen LogP contribution in [-0.2, 0) is 28.0 Å². The Bertz CT molecular complexity index is 2290. The standard InChI is InChI=1S/C42H47N7O8/c1-25(15-19-47(2)23-31-34(56-4)20-26(21-35(31)57-5)30-24-48(3)40(53)29-22-43-18-14-27(29)30)38(51)45-17-8-6-7-16-44-32-11-9-10-28-37(32)42(55)49(41(28)54)33-12-13-36(50)46-39(33)52/h9-11,14,18,20-22,24,33,44H,1,6-8,12-13,15-17,19,23H2,2-5H3,(H,45,51)(H,46,50,52). The molecule has 1 fully saturated rings. The molecule has 2 aliphatic rings. The molecule has 4 aromatic rings. The molecular weight excluding hydrogens is 731 g/mol. The second kappa shape index (κ2) is 17.6. The number of methoxy groups -OCH3 is 2. The largest absolute Gasteiger partial charge is 0.496 e. The molecule has 3 N–H and O–H groups in total. The average Bonchev–Trinajstić information content (AvgIpc) is 3.46. The van der Waals surface area contributed by atoms with Gasteiger partial charge in [-0.25, -0.2) is 0 Å². The van der Waals surface area contributed by atoms with Crippen molar-refractivity contribution in [3.05, 3.63) is 94.2 Å². The number of nitrogens with one attached hydrogen (secondary N) is 3. The maximum atomic E-state index is 13.3. The number of aryl methyl sites for hydroxylation is 1. The van der Waals surface area contributed by atoms with Gasteiger partial charge in [-0.3, -0.25) is 44.0 Å². The van der Waals surface area contributed by atoms with Gasteiger partial charge in [0.1, 0.15) is 17.5 Å². The number of nitrogens with zero attached hydrogens (tertiary/aromatic N) is 4. The van der Waals surface area contributed by atoms with E-state index >= 15 is 0 Å². The van der Waals surface area contributed by atoms with Crippen molar-refractivity contribution in [2.75, 3.05) is 46.2 Å². The third-order valence-electron chi connectivity index (χ3n) is 10.4. The zero-order chi connectivity index (χ0) is 40.8. The second-order valence-corrected chi connectivity index (χ2v) is 14.2. The SMILES string of the molecule is C=C(CCN(C)Cc1c(OC)cc(-c2cn(C)c(=O)c3cnccc23)cc1OC)C(=O)NCCCCCNc1cccc2c1C(=O)N(C1CCC(=O)NC1=O)C2=O. The van der Waals surface area contributed by atoms with E-state index in [0.29, 0.717) is 60.7 Å². The first kappa shape index (κ1) is 40.3. The van der Waals surface area contributed by atoms with Crippen molar-refractivity contribution in [3.63, 3.8) is 0 Å². The molecule has 0 radical (unpaired) electrons. The summed E-state index contributed by atoms with van der Waals surface area (Å²) in [5, 5.41) is 9.70. The average molecular weight is 778 g/mol. The molecule has 0 bridgehead atoms. The van der Waals surface area contributed by atoms with Gasteiger partial charge in [0.25, 0.3) is 17.4 Å². The number of carbonyl (C=O) groups is 5. The summed E-state index contributed by atoms with van der Waals surface area (Å²) in [6.07, 6.45) is 7.92. The number of unbranched alkanes of at least 4 members (excludes halogenated alkanes) is 2. The molecule has 15 heteroatoms. The maximum Gasteiger partial charge on any atom is 0.264 e. The summed E-state index contributed by atoms with van der Waals surface area (Å²) in [6.45, 7) is 6.07. The molecule has 0 saturated carbocycles. The molecule has 2 aromatic heterocycles. The van der Waals surface area contributed by atoms with Crippen molar-refractivity contribution in [1.82, 2.24) is 30.0 Å². The van der Waals surface area contributed by atoms with Crippen LogP contribution in [0.2, 0.25) is 0 Å². The highest BCUT2D eigenvalue weighted by Crippen LogP contribution is 2.38. The normalized spacial score (nSPS) is 15.2. The van der Waals surface area contributed by atoms with E-state index in [1.807, 2.05) is 25.2 Å². The first-order valence-corrected chi connectivity index (χ1v) is 18.8. The number of piperidine rings is 1. The number of anilines is 1. The molecule has 2 aromatic carbocycles. The quantitative estimate of drug-likeness (QED) is 0.0807. The fourth-order valence-corrected chi connectivity index (χ4v) is 7.26. The number of benzene rings is 2. The van der Waals surface area contributed by atoms with E-state index in [1.54, 1.807) is 58.1 Å². The van der Waals surface area contributed by atoms with Gasteiger partial charge >= 0.3 is 0 Å². The van der Waals surface area contributed by atoms with Crippen LogP contribution >= 0.6 is 0 Å². The summed E-state index contributed by atoms with van der Waals surface area (Å²) < 4.78 is 13.2. The molecule has 298 valence electrons. The Morgan fingerprint density at radius 1 is 0.982 bits per heavy atom. The summed E-state index contributed by atoms with van der Waals surface area (Å²) in [4.78, 5) is 83.1. The van der Waals surface area contributed by atoms with Crippen LogP contribution in [0.5, 0.6) is 11.5 Å². The Kier molecular flexibility index (Phi) is 12.5. The molecule has 1 atom stereocenters. The van der Waals surface area contributed by atoms with Gasteiger partial charge in [-0.1, -0.05) is 12.6 Å². The molecule has 4 heterocycles. The minimum atomic E-state index is -1.02. The van der Waals surface area contributed by atoms with Gasteiger partial charge in [-0.05, 0) is 80.4 Å². The van der Waals surface area contributed by atoms with Gasteiger partial charge in [-0.15, -0.1) is 0 Å². The van der Waals surface area contributed by atoms with Crippen LogP contribution in [-0.4, -0.2) is 95.8 Å². The molecule has 57 heavy (non-hydrogen) atoms. The van der Waals surface area contributed by atoms with Crippen molar-refractivity contribution in [2.24, 2.45) is 7.05 Å². The van der Waals surface area contributed by atoms with E-state index < -0.39 is 29.7 Å². The second-order valence-electron chi connectivity index (χ2n) is 14.2. The lowest BCUT2D eigenvalue weighted by atomic mass is 9.99. The zero-order valence-corrected chi connectivity index (χ0v) is 32.6. The van der Waals surface area contributed by atoms with Gasteiger partial charge in [-0.2, -0.15) is 0 Å². The van der Waals surface area contributed by atoms with Gasteiger partial charge < -0.3 is 29.6 Å². The number of imide groups is 2. The fourth-order valence-electron chi connectivity index (χ4n) is 7.26. The molecule has 1 unspecified atom stereocenters. The van der Waals surface area contributed by atoms with Gasteiger partial charge in [0.05, 0.1) is 36.3 Å². The molecule has 0 aliphatic carbocycles. The topological polar surface area (TPSA) is 181 Å². The number of ether oxygens (including phenoxy) is 2. The molecule has 15 nitrogen and oxygen atoms in total. The predicted octanol–water partition coefficient (Wildman–Crippen LogP) is 3.80. The highest BCUT2D eigenvalue weighted by atomic mass is 16.5. The predicted molar refractivity (Wildman–Crippen MR) is 214 cm³/mol. The van der Waals surface area contributed by atoms with E-state index in [-0.39, 0.29) is 35.4 Å². The first-order valence-electron chi connectivity index (χ1n) is 18.8. The number of fused-ring (bicyclic) bond motifs is 2. The monoisotopic (exact) mass is 777 g/mol. The lowest BCUT2D eigenvalue weighted by Gasteiger charge is -2.27. The highest BCUT2D eigenvalue weighted by molar-refractivity contribution is 6.25. The number of amides is 5. The van der Waals surface area contributed by atoms with E-state index in [9.17, 15) is 28.8 Å². The van der Waals surface area contributed by atoms with Gasteiger partial charge in [0.15, 0.2) is 0 Å². The summed E-state index contributed by atoms with van der Waals surface area (Å²) in [6, 6.07) is 9.64. The summed E-state index contributed by atoms with van der Waals surface area (Å²) in [5.74, 6) is -1.11. The number of hydrogen-bond donors (Lipinski definition) is 3. The summed E-state index contributed by atoms with van der Waals surface area (Å²) in [7, 11) is 6.87. The van der Waals surface area contributed by atoms with E-state index in [1.165, 1.54) is 4.57 Å². The third kappa shape index (κ3) is 8.58. The number of rotatable bonds is 17. The highest BCUT2D eigenvalue weighted by Gasteiger charge is 2.45. The van der Waals surface area contributed by atoms with E-state index in [0.717, 1.165) is 46.2 Å². The number of hydrogen-bond acceptors (Lipinski definition) is 11. The van der Waals surface area contributed by atoms with Crippen molar-refractivity contribution >= 4 is 46.0 Å². The van der Waals surface area contributed by atoms with Crippen LogP contribution in [0.4, 0.5) is 5.69 Å². The molecule has 6 rings (SSSR count). The molecule has 5 amide bonds. The molecule has 0 spiro atoms. The molecule has 1 saturated heterocycles. The maximum absolute atomic E-state index is 13.3. The van der Waals surface area contributed by atoms with Gasteiger partial charge in [0.2, 0.25) is 17.7 Å². The minimum Gasteiger partial charge on any atom is -0.496 e. The first-order chi connectivity index (χ1) is 27.4. The van der Waals surface area contributed by atoms with E-state index in [2.05, 4.69) is 32.4 Å².